The van der Waals surface area contributed by atoms with E-state index in [0.717, 1.165) is 49.0 Å². The molecule has 1 fully saturated rings. The average molecular weight is 402 g/mol. The lowest BCUT2D eigenvalue weighted by atomic mass is 9.96. The maximum Gasteiger partial charge on any atom is 0.343 e. The fourth-order valence-corrected chi connectivity index (χ4v) is 4.01. The summed E-state index contributed by atoms with van der Waals surface area (Å²) in [4.78, 5) is 14.5. The van der Waals surface area contributed by atoms with Crippen LogP contribution in [0.2, 0.25) is 0 Å². The predicted molar refractivity (Wildman–Crippen MR) is 112 cm³/mol. The van der Waals surface area contributed by atoms with E-state index in [1.165, 1.54) is 0 Å². The van der Waals surface area contributed by atoms with Gasteiger partial charge >= 0.3 is 5.69 Å². The first kappa shape index (κ1) is 18.3. The molecule has 0 unspecified atom stereocenters. The Balaban J connectivity index is 1.32. The molecule has 0 spiro atoms. The molecule has 9 nitrogen and oxygen atoms in total. The van der Waals surface area contributed by atoms with Crippen molar-refractivity contribution >= 4 is 5.95 Å². The monoisotopic (exact) mass is 402 g/mol. The van der Waals surface area contributed by atoms with Crippen LogP contribution in [0.4, 0.5) is 5.95 Å². The maximum atomic E-state index is 12.3. The molecule has 0 saturated carbocycles. The standard InChI is InChI=1S/C21H22N8O/c30-21-24-22-19(28(21)15-16-7-3-1-4-8-16)17-11-13-27(14-12-17)20-23-25-26-29(20)18-9-5-2-6-10-18/h1-10,17H,11-15H2,(H,24,30). The van der Waals surface area contributed by atoms with Crippen LogP contribution in [0, 0.1) is 0 Å². The SMILES string of the molecule is O=c1[nH]nc(C2CCN(c3nnnn3-c3ccccc3)CC2)n1Cc1ccccc1. The number of tetrazole rings is 1. The number of para-hydroxylation sites is 1. The third-order valence-corrected chi connectivity index (χ3v) is 5.57. The molecule has 2 aromatic carbocycles. The van der Waals surface area contributed by atoms with E-state index >= 15 is 0 Å². The fraction of sp³-hybridized carbons (Fsp3) is 0.286. The summed E-state index contributed by atoms with van der Waals surface area (Å²) < 4.78 is 3.52. The summed E-state index contributed by atoms with van der Waals surface area (Å²) in [6.07, 6.45) is 1.75. The van der Waals surface area contributed by atoms with Crippen LogP contribution in [0.25, 0.3) is 5.69 Å². The van der Waals surface area contributed by atoms with Gasteiger partial charge in [0.1, 0.15) is 5.82 Å². The van der Waals surface area contributed by atoms with Crippen molar-refractivity contribution in [1.29, 1.82) is 0 Å². The van der Waals surface area contributed by atoms with Crippen LogP contribution in [0.3, 0.4) is 0 Å². The Bertz CT molecular complexity index is 1160. The van der Waals surface area contributed by atoms with Crippen LogP contribution in [0.15, 0.2) is 65.5 Å². The van der Waals surface area contributed by atoms with Crippen molar-refractivity contribution in [2.24, 2.45) is 0 Å². The second kappa shape index (κ2) is 7.94. The Morgan fingerprint density at radius 2 is 1.67 bits per heavy atom. The Hall–Kier alpha value is -3.75. The Labute approximate surface area is 173 Å². The Kier molecular flexibility index (Phi) is 4.84. The molecular weight excluding hydrogens is 380 g/mol. The minimum atomic E-state index is -0.163. The predicted octanol–water partition coefficient (Wildman–Crippen LogP) is 1.98. The molecule has 1 N–H and O–H groups in total. The minimum absolute atomic E-state index is 0.163. The fourth-order valence-electron chi connectivity index (χ4n) is 4.01. The molecule has 4 aromatic rings. The summed E-state index contributed by atoms with van der Waals surface area (Å²) in [6.45, 7) is 2.12. The van der Waals surface area contributed by atoms with Crippen LogP contribution in [-0.2, 0) is 6.54 Å². The zero-order valence-corrected chi connectivity index (χ0v) is 16.4. The lowest BCUT2D eigenvalue weighted by molar-refractivity contribution is 0.462. The lowest BCUT2D eigenvalue weighted by Gasteiger charge is -2.31. The van der Waals surface area contributed by atoms with Gasteiger partial charge in [0, 0.05) is 19.0 Å². The molecule has 0 bridgehead atoms. The number of piperidine rings is 1. The average Bonchev–Trinajstić information content (AvgIpc) is 3.43. The van der Waals surface area contributed by atoms with E-state index in [9.17, 15) is 4.79 Å². The van der Waals surface area contributed by atoms with Gasteiger partial charge in [-0.25, -0.2) is 9.89 Å². The summed E-state index contributed by atoms with van der Waals surface area (Å²) >= 11 is 0. The molecule has 2 aromatic heterocycles. The first-order chi connectivity index (χ1) is 14.8. The topological polar surface area (TPSA) is 97.5 Å². The number of aromatic amines is 1. The van der Waals surface area contributed by atoms with Gasteiger partial charge in [-0.2, -0.15) is 9.78 Å². The van der Waals surface area contributed by atoms with Crippen LogP contribution in [0.5, 0.6) is 0 Å². The largest absolute Gasteiger partial charge is 0.343 e. The summed E-state index contributed by atoms with van der Waals surface area (Å²) in [5, 5.41) is 19.3. The molecule has 0 atom stereocenters. The Morgan fingerprint density at radius 3 is 2.40 bits per heavy atom. The normalized spacial score (nSPS) is 14.9. The molecule has 1 aliphatic heterocycles. The number of benzene rings is 2. The van der Waals surface area contributed by atoms with E-state index in [4.69, 9.17) is 0 Å². The smallest absolute Gasteiger partial charge is 0.339 e. The van der Waals surface area contributed by atoms with Gasteiger partial charge in [0.05, 0.1) is 12.2 Å². The lowest BCUT2D eigenvalue weighted by Crippen LogP contribution is -2.36. The van der Waals surface area contributed by atoms with Gasteiger partial charge in [-0.15, -0.1) is 0 Å². The van der Waals surface area contributed by atoms with Gasteiger partial charge in [-0.1, -0.05) is 53.6 Å². The molecular formula is C21H22N8O. The van der Waals surface area contributed by atoms with Crippen LogP contribution >= 0.6 is 0 Å². The summed E-state index contributed by atoms with van der Waals surface area (Å²) in [5.74, 6) is 1.78. The Morgan fingerprint density at radius 1 is 0.967 bits per heavy atom. The number of H-pyrrole nitrogens is 1. The van der Waals surface area contributed by atoms with Crippen molar-refractivity contribution in [3.63, 3.8) is 0 Å². The van der Waals surface area contributed by atoms with E-state index in [0.29, 0.717) is 6.54 Å². The van der Waals surface area contributed by atoms with Crippen molar-refractivity contribution in [3.05, 3.63) is 82.5 Å². The van der Waals surface area contributed by atoms with E-state index in [2.05, 4.69) is 30.6 Å². The molecule has 1 saturated heterocycles. The zero-order chi connectivity index (χ0) is 20.3. The van der Waals surface area contributed by atoms with Crippen molar-refractivity contribution in [1.82, 2.24) is 35.0 Å². The third-order valence-electron chi connectivity index (χ3n) is 5.57. The number of nitrogens with one attached hydrogen (secondary N) is 1. The van der Waals surface area contributed by atoms with Gasteiger partial charge in [0.2, 0.25) is 5.95 Å². The number of anilines is 1. The highest BCUT2D eigenvalue weighted by atomic mass is 16.1. The highest BCUT2D eigenvalue weighted by Crippen LogP contribution is 2.29. The second-order valence-corrected chi connectivity index (χ2v) is 7.45. The zero-order valence-electron chi connectivity index (χ0n) is 16.4. The van der Waals surface area contributed by atoms with Crippen molar-refractivity contribution < 1.29 is 0 Å². The minimum Gasteiger partial charge on any atom is -0.339 e. The molecule has 152 valence electrons. The summed E-state index contributed by atoms with van der Waals surface area (Å²) in [5.41, 5.74) is 1.86. The van der Waals surface area contributed by atoms with Gasteiger partial charge in [0.25, 0.3) is 0 Å². The molecule has 0 amide bonds. The summed E-state index contributed by atoms with van der Waals surface area (Å²) in [6, 6.07) is 19.9. The van der Waals surface area contributed by atoms with Gasteiger partial charge in [-0.3, -0.25) is 4.57 Å². The van der Waals surface area contributed by atoms with E-state index in [-0.39, 0.29) is 11.6 Å². The second-order valence-electron chi connectivity index (χ2n) is 7.45. The molecule has 9 heteroatoms. The van der Waals surface area contributed by atoms with E-state index in [1.807, 2.05) is 60.7 Å². The number of rotatable bonds is 5. The van der Waals surface area contributed by atoms with Crippen molar-refractivity contribution in [3.8, 4) is 5.69 Å². The van der Waals surface area contributed by atoms with Crippen LogP contribution in [-0.4, -0.2) is 48.1 Å². The van der Waals surface area contributed by atoms with Crippen LogP contribution in [0.1, 0.15) is 30.1 Å². The number of hydrogen-bond acceptors (Lipinski definition) is 6. The van der Waals surface area contributed by atoms with Crippen molar-refractivity contribution in [2.45, 2.75) is 25.3 Å². The number of aromatic nitrogens is 7. The quantitative estimate of drug-likeness (QED) is 0.548. The van der Waals surface area contributed by atoms with Gasteiger partial charge in [0.15, 0.2) is 0 Å². The molecule has 5 rings (SSSR count). The van der Waals surface area contributed by atoms with Gasteiger partial charge in [-0.05, 0) is 41.0 Å². The molecule has 1 aliphatic rings. The number of hydrogen-bond donors (Lipinski definition) is 1. The molecule has 0 aliphatic carbocycles. The third kappa shape index (κ3) is 3.49. The van der Waals surface area contributed by atoms with E-state index in [1.54, 1.807) is 9.25 Å². The molecule has 30 heavy (non-hydrogen) atoms. The summed E-state index contributed by atoms with van der Waals surface area (Å²) in [7, 11) is 0. The highest BCUT2D eigenvalue weighted by Gasteiger charge is 2.28. The first-order valence-electron chi connectivity index (χ1n) is 10.1. The first-order valence-corrected chi connectivity index (χ1v) is 10.1. The van der Waals surface area contributed by atoms with Gasteiger partial charge < -0.3 is 4.90 Å². The van der Waals surface area contributed by atoms with Crippen molar-refractivity contribution in [2.75, 3.05) is 18.0 Å². The highest BCUT2D eigenvalue weighted by molar-refractivity contribution is 5.41. The van der Waals surface area contributed by atoms with E-state index < -0.39 is 0 Å². The number of nitrogens with zero attached hydrogens (tertiary/aromatic N) is 7. The van der Waals surface area contributed by atoms with Crippen LogP contribution < -0.4 is 10.6 Å². The molecule has 3 heterocycles. The molecule has 0 radical (unpaired) electrons. The maximum absolute atomic E-state index is 12.3.